The molecule has 0 aliphatic heterocycles. The summed E-state index contributed by atoms with van der Waals surface area (Å²) in [6.07, 6.45) is 1.69. The van der Waals surface area contributed by atoms with Crippen molar-refractivity contribution in [3.8, 4) is 28.1 Å². The molecule has 3 aromatic carbocycles. The zero-order valence-corrected chi connectivity index (χ0v) is 16.6. The lowest BCUT2D eigenvalue weighted by Gasteiger charge is -2.09. The second-order valence-electron chi connectivity index (χ2n) is 6.50. The van der Waals surface area contributed by atoms with Crippen LogP contribution in [0.15, 0.2) is 107 Å². The van der Waals surface area contributed by atoms with Gasteiger partial charge in [0.25, 0.3) is 0 Å². The molecular formula is C24H19NO3S. The summed E-state index contributed by atoms with van der Waals surface area (Å²) in [6.45, 7) is 0. The minimum Gasteiger partial charge on any atom is -0.497 e. The number of hydrogen-bond donors (Lipinski definition) is 0. The number of pyridine rings is 1. The lowest BCUT2D eigenvalue weighted by molar-refractivity contribution is 0.415. The van der Waals surface area contributed by atoms with Gasteiger partial charge in [0.05, 0.1) is 22.6 Å². The van der Waals surface area contributed by atoms with Gasteiger partial charge in [-0.15, -0.1) is 0 Å². The SMILES string of the molecule is COc1ccc(-c2ccc(S(=O)(=O)c3cccc(-c4ccccn4)c3)cc2)cc1. The fourth-order valence-corrected chi connectivity index (χ4v) is 4.41. The summed E-state index contributed by atoms with van der Waals surface area (Å²) in [5.74, 6) is 0.778. The van der Waals surface area contributed by atoms with Crippen LogP contribution in [0.2, 0.25) is 0 Å². The highest BCUT2D eigenvalue weighted by atomic mass is 32.2. The Balaban J connectivity index is 1.65. The quantitative estimate of drug-likeness (QED) is 0.458. The van der Waals surface area contributed by atoms with Crippen LogP contribution in [0.5, 0.6) is 5.75 Å². The molecule has 0 saturated carbocycles. The summed E-state index contributed by atoms with van der Waals surface area (Å²) in [4.78, 5) is 4.80. The van der Waals surface area contributed by atoms with Crippen molar-refractivity contribution in [1.29, 1.82) is 0 Å². The summed E-state index contributed by atoms with van der Waals surface area (Å²) in [5.41, 5.74) is 3.43. The van der Waals surface area contributed by atoms with Gasteiger partial charge >= 0.3 is 0 Å². The van der Waals surface area contributed by atoms with Crippen LogP contribution in [-0.4, -0.2) is 20.5 Å². The fraction of sp³-hybridized carbons (Fsp3) is 0.0417. The molecule has 0 amide bonds. The Morgan fingerprint density at radius 2 is 1.38 bits per heavy atom. The van der Waals surface area contributed by atoms with E-state index in [1.807, 2.05) is 60.7 Å². The van der Waals surface area contributed by atoms with Crippen LogP contribution in [-0.2, 0) is 9.84 Å². The first-order chi connectivity index (χ1) is 14.1. The van der Waals surface area contributed by atoms with Crippen LogP contribution in [0, 0.1) is 0 Å². The summed E-state index contributed by atoms with van der Waals surface area (Å²) in [6, 6.07) is 27.0. The maximum atomic E-state index is 13.1. The molecule has 4 nitrogen and oxygen atoms in total. The Bertz CT molecular complexity index is 1220. The van der Waals surface area contributed by atoms with Gasteiger partial charge in [-0.25, -0.2) is 8.42 Å². The van der Waals surface area contributed by atoms with E-state index in [0.717, 1.165) is 28.1 Å². The molecule has 0 atom stereocenters. The predicted molar refractivity (Wildman–Crippen MR) is 114 cm³/mol. The highest BCUT2D eigenvalue weighted by Gasteiger charge is 2.18. The minimum absolute atomic E-state index is 0.248. The van der Waals surface area contributed by atoms with Crippen LogP contribution in [0.25, 0.3) is 22.4 Å². The van der Waals surface area contributed by atoms with Crippen molar-refractivity contribution in [1.82, 2.24) is 4.98 Å². The molecule has 0 radical (unpaired) electrons. The Labute approximate surface area is 170 Å². The van der Waals surface area contributed by atoms with E-state index in [0.29, 0.717) is 0 Å². The van der Waals surface area contributed by atoms with E-state index >= 15 is 0 Å². The van der Waals surface area contributed by atoms with Gasteiger partial charge in [0.2, 0.25) is 9.84 Å². The topological polar surface area (TPSA) is 56.3 Å². The van der Waals surface area contributed by atoms with Crippen molar-refractivity contribution in [2.45, 2.75) is 9.79 Å². The molecule has 0 aliphatic rings. The first-order valence-corrected chi connectivity index (χ1v) is 10.6. The van der Waals surface area contributed by atoms with Crippen LogP contribution >= 0.6 is 0 Å². The Hall–Kier alpha value is -3.44. The molecule has 0 fully saturated rings. The molecule has 1 aromatic heterocycles. The van der Waals surface area contributed by atoms with Gasteiger partial charge in [-0.1, -0.05) is 42.5 Å². The van der Waals surface area contributed by atoms with Crippen molar-refractivity contribution >= 4 is 9.84 Å². The summed E-state index contributed by atoms with van der Waals surface area (Å²) < 4.78 is 31.4. The van der Waals surface area contributed by atoms with Crippen LogP contribution < -0.4 is 4.74 Å². The molecule has 4 aromatic rings. The highest BCUT2D eigenvalue weighted by Crippen LogP contribution is 2.28. The summed E-state index contributed by atoms with van der Waals surface area (Å²) in [7, 11) is -2.00. The van der Waals surface area contributed by atoms with E-state index in [-0.39, 0.29) is 9.79 Å². The van der Waals surface area contributed by atoms with E-state index in [1.165, 1.54) is 0 Å². The second kappa shape index (κ2) is 7.89. The second-order valence-corrected chi connectivity index (χ2v) is 8.45. The van der Waals surface area contributed by atoms with Gasteiger partial charge in [-0.2, -0.15) is 0 Å². The van der Waals surface area contributed by atoms with Crippen LogP contribution in [0.1, 0.15) is 0 Å². The lowest BCUT2D eigenvalue weighted by Crippen LogP contribution is -2.02. The minimum atomic E-state index is -3.63. The molecule has 5 heteroatoms. The molecule has 4 rings (SSSR count). The number of ether oxygens (including phenoxy) is 1. The van der Waals surface area contributed by atoms with Gasteiger partial charge in [0.1, 0.15) is 5.75 Å². The van der Waals surface area contributed by atoms with E-state index in [4.69, 9.17) is 4.74 Å². The van der Waals surface area contributed by atoms with Crippen LogP contribution in [0.4, 0.5) is 0 Å². The number of hydrogen-bond acceptors (Lipinski definition) is 4. The average molecular weight is 401 g/mol. The van der Waals surface area contributed by atoms with Gasteiger partial charge < -0.3 is 4.74 Å². The van der Waals surface area contributed by atoms with Gasteiger partial charge in [-0.05, 0) is 59.7 Å². The molecule has 0 bridgehead atoms. The van der Waals surface area contributed by atoms with Crippen molar-refractivity contribution in [2.75, 3.05) is 7.11 Å². The third-order valence-corrected chi connectivity index (χ3v) is 6.46. The Kier molecular flexibility index (Phi) is 5.14. The third kappa shape index (κ3) is 3.91. The number of nitrogens with zero attached hydrogens (tertiary/aromatic N) is 1. The highest BCUT2D eigenvalue weighted by molar-refractivity contribution is 7.91. The van der Waals surface area contributed by atoms with Crippen molar-refractivity contribution in [2.24, 2.45) is 0 Å². The van der Waals surface area contributed by atoms with Gasteiger partial charge in [0.15, 0.2) is 0 Å². The molecule has 29 heavy (non-hydrogen) atoms. The molecule has 0 aliphatic carbocycles. The summed E-state index contributed by atoms with van der Waals surface area (Å²) in [5, 5.41) is 0. The van der Waals surface area contributed by atoms with E-state index in [9.17, 15) is 8.42 Å². The molecular weight excluding hydrogens is 382 g/mol. The molecule has 0 N–H and O–H groups in total. The molecule has 0 spiro atoms. The largest absolute Gasteiger partial charge is 0.497 e. The average Bonchev–Trinajstić information content (AvgIpc) is 2.80. The number of rotatable bonds is 5. The Morgan fingerprint density at radius 1 is 0.690 bits per heavy atom. The van der Waals surface area contributed by atoms with Crippen LogP contribution in [0.3, 0.4) is 0 Å². The smallest absolute Gasteiger partial charge is 0.206 e. The van der Waals surface area contributed by atoms with Gasteiger partial charge in [0, 0.05) is 11.8 Å². The fourth-order valence-electron chi connectivity index (χ4n) is 3.10. The Morgan fingerprint density at radius 3 is 2.00 bits per heavy atom. The number of aromatic nitrogens is 1. The zero-order chi connectivity index (χ0) is 20.3. The standard InChI is InChI=1S/C24H19NO3S/c1-28-21-12-8-18(9-13-21)19-10-14-22(15-11-19)29(26,27)23-6-4-5-20(17-23)24-7-2-3-16-25-24/h2-17H,1H3. The molecule has 144 valence electrons. The van der Waals surface area contributed by atoms with Gasteiger partial charge in [-0.3, -0.25) is 4.98 Å². The maximum Gasteiger partial charge on any atom is 0.206 e. The van der Waals surface area contributed by atoms with Crippen molar-refractivity contribution < 1.29 is 13.2 Å². The monoisotopic (exact) mass is 401 g/mol. The predicted octanol–water partition coefficient (Wildman–Crippen LogP) is 5.26. The molecule has 1 heterocycles. The first kappa shape index (κ1) is 18.9. The number of benzene rings is 3. The van der Waals surface area contributed by atoms with E-state index < -0.39 is 9.84 Å². The molecule has 0 unspecified atom stereocenters. The molecule has 0 saturated heterocycles. The normalized spacial score (nSPS) is 11.2. The maximum absolute atomic E-state index is 13.1. The van der Waals surface area contributed by atoms with E-state index in [2.05, 4.69) is 4.98 Å². The van der Waals surface area contributed by atoms with E-state index in [1.54, 1.807) is 43.6 Å². The first-order valence-electron chi connectivity index (χ1n) is 9.09. The third-order valence-electron chi connectivity index (χ3n) is 4.69. The number of sulfone groups is 1. The van der Waals surface area contributed by atoms with Crippen molar-refractivity contribution in [3.63, 3.8) is 0 Å². The number of methoxy groups -OCH3 is 1. The lowest BCUT2D eigenvalue weighted by atomic mass is 10.1. The summed E-state index contributed by atoms with van der Waals surface area (Å²) >= 11 is 0. The van der Waals surface area contributed by atoms with Crippen molar-refractivity contribution in [3.05, 3.63) is 97.2 Å². The zero-order valence-electron chi connectivity index (χ0n) is 15.8.